The highest BCUT2D eigenvalue weighted by atomic mass is 16.2. The highest BCUT2D eigenvalue weighted by molar-refractivity contribution is 6.07. The number of carbonyl (C=O) groups excluding carboxylic acids is 3. The van der Waals surface area contributed by atoms with Crippen molar-refractivity contribution in [2.45, 2.75) is 6.54 Å². The molecule has 1 saturated heterocycles. The van der Waals surface area contributed by atoms with Crippen LogP contribution in [-0.2, 0) is 11.3 Å². The minimum atomic E-state index is -0.344. The molecule has 4 N–H and O–H groups in total. The molecule has 3 aromatic carbocycles. The van der Waals surface area contributed by atoms with E-state index in [1.54, 1.807) is 42.5 Å². The van der Waals surface area contributed by atoms with Crippen molar-refractivity contribution in [1.82, 2.24) is 14.8 Å². The van der Waals surface area contributed by atoms with Crippen LogP contribution in [-0.4, -0.2) is 66.2 Å². The van der Waals surface area contributed by atoms with E-state index in [0.29, 0.717) is 34.6 Å². The number of H-pyrrole nitrogens is 1. The smallest absolute Gasteiger partial charge is 0.255 e. The Bertz CT molecular complexity index is 1560. The summed E-state index contributed by atoms with van der Waals surface area (Å²) in [5.74, 6) is -0.569. The number of benzene rings is 3. The first-order chi connectivity index (χ1) is 20.5. The highest BCUT2D eigenvalue weighted by Crippen LogP contribution is 2.22. The molecule has 0 radical (unpaired) electrons. The number of aromatic amines is 1. The number of nitrogens with one attached hydrogen (secondary N) is 4. The van der Waals surface area contributed by atoms with Gasteiger partial charge in [0, 0.05) is 72.8 Å². The van der Waals surface area contributed by atoms with Crippen LogP contribution in [0.1, 0.15) is 37.5 Å². The summed E-state index contributed by atoms with van der Waals surface area (Å²) in [5.41, 5.74) is 5.39. The molecule has 214 valence electrons. The first-order valence-corrected chi connectivity index (χ1v) is 13.9. The third-order valence-electron chi connectivity index (χ3n) is 7.19. The van der Waals surface area contributed by atoms with Gasteiger partial charge in [-0.05, 0) is 78.8 Å². The number of hydrogen-bond donors (Lipinski definition) is 4. The number of anilines is 3. The van der Waals surface area contributed by atoms with Crippen LogP contribution in [0.15, 0.2) is 85.1 Å². The number of piperazine rings is 1. The standard InChI is InChI=1S/C33H34N6O3/c1-38-16-18-39(19-17-38)22-24-7-9-26(10-8-24)32(41)36-29-4-2-5-30(21-29)37-33(42)27-12-11-25(31(20-27)35-23-40)13-14-28-6-3-15-34-28/h2-15,20-21,23,34H,16-19,22H2,1H3,(H,35,40)(H,36,41)(H,37,42)/b14-13+. The fourth-order valence-corrected chi connectivity index (χ4v) is 4.77. The second-order valence-corrected chi connectivity index (χ2v) is 10.3. The van der Waals surface area contributed by atoms with Crippen molar-refractivity contribution in [1.29, 1.82) is 0 Å². The Kier molecular flexibility index (Phi) is 9.23. The lowest BCUT2D eigenvalue weighted by Crippen LogP contribution is -2.43. The van der Waals surface area contributed by atoms with E-state index in [1.165, 1.54) is 5.56 Å². The van der Waals surface area contributed by atoms with E-state index < -0.39 is 0 Å². The molecule has 0 saturated carbocycles. The molecule has 0 aliphatic carbocycles. The SMILES string of the molecule is CN1CCN(Cc2ccc(C(=O)Nc3cccc(NC(=O)c4ccc(/C=C/c5ccc[nH]5)c(NC=O)c4)c3)cc2)CC1. The quantitative estimate of drug-likeness (QED) is 0.203. The van der Waals surface area contributed by atoms with Gasteiger partial charge in [-0.15, -0.1) is 0 Å². The number of amides is 3. The third kappa shape index (κ3) is 7.60. The zero-order valence-corrected chi connectivity index (χ0v) is 23.5. The molecular formula is C33H34N6O3. The first kappa shape index (κ1) is 28.5. The second kappa shape index (κ2) is 13.6. The van der Waals surface area contributed by atoms with E-state index in [-0.39, 0.29) is 11.8 Å². The zero-order chi connectivity index (χ0) is 29.3. The molecular weight excluding hydrogens is 528 g/mol. The normalized spacial score (nSPS) is 14.0. The van der Waals surface area contributed by atoms with Crippen LogP contribution in [0.25, 0.3) is 12.2 Å². The van der Waals surface area contributed by atoms with Crippen LogP contribution < -0.4 is 16.0 Å². The molecule has 2 heterocycles. The maximum atomic E-state index is 13.0. The summed E-state index contributed by atoms with van der Waals surface area (Å²) in [5, 5.41) is 8.44. The van der Waals surface area contributed by atoms with Crippen molar-refractivity contribution < 1.29 is 14.4 Å². The predicted molar refractivity (Wildman–Crippen MR) is 167 cm³/mol. The lowest BCUT2D eigenvalue weighted by molar-refractivity contribution is -0.105. The average Bonchev–Trinajstić information content (AvgIpc) is 3.52. The topological polar surface area (TPSA) is 110 Å². The third-order valence-corrected chi connectivity index (χ3v) is 7.19. The Balaban J connectivity index is 1.20. The van der Waals surface area contributed by atoms with Crippen molar-refractivity contribution in [2.24, 2.45) is 0 Å². The molecule has 1 aliphatic heterocycles. The van der Waals surface area contributed by atoms with Gasteiger partial charge >= 0.3 is 0 Å². The Morgan fingerprint density at radius 2 is 1.50 bits per heavy atom. The Morgan fingerprint density at radius 3 is 2.17 bits per heavy atom. The fourth-order valence-electron chi connectivity index (χ4n) is 4.77. The molecule has 4 aromatic rings. The number of nitrogens with zero attached hydrogens (tertiary/aromatic N) is 2. The van der Waals surface area contributed by atoms with Crippen LogP contribution in [0, 0.1) is 0 Å². The van der Waals surface area contributed by atoms with E-state index in [1.807, 2.05) is 54.7 Å². The van der Waals surface area contributed by atoms with Gasteiger partial charge in [-0.3, -0.25) is 19.3 Å². The van der Waals surface area contributed by atoms with Crippen molar-refractivity contribution in [3.8, 4) is 0 Å². The molecule has 5 rings (SSSR count). The summed E-state index contributed by atoms with van der Waals surface area (Å²) in [6.45, 7) is 5.09. The van der Waals surface area contributed by atoms with Crippen LogP contribution in [0.5, 0.6) is 0 Å². The highest BCUT2D eigenvalue weighted by Gasteiger charge is 2.15. The predicted octanol–water partition coefficient (Wildman–Crippen LogP) is 5.01. The molecule has 0 spiro atoms. The molecule has 0 atom stereocenters. The molecule has 42 heavy (non-hydrogen) atoms. The number of hydrogen-bond acceptors (Lipinski definition) is 5. The minimum Gasteiger partial charge on any atom is -0.362 e. The van der Waals surface area contributed by atoms with Gasteiger partial charge in [-0.2, -0.15) is 0 Å². The van der Waals surface area contributed by atoms with Gasteiger partial charge < -0.3 is 25.8 Å². The van der Waals surface area contributed by atoms with E-state index in [4.69, 9.17) is 0 Å². The Morgan fingerprint density at radius 1 is 0.810 bits per heavy atom. The Hall–Kier alpha value is -4.99. The maximum absolute atomic E-state index is 13.0. The van der Waals surface area contributed by atoms with E-state index in [9.17, 15) is 14.4 Å². The lowest BCUT2D eigenvalue weighted by atomic mass is 10.1. The van der Waals surface area contributed by atoms with Crippen LogP contribution in [0.4, 0.5) is 17.1 Å². The maximum Gasteiger partial charge on any atom is 0.255 e. The number of likely N-dealkylation sites (N-methyl/N-ethyl adjacent to an activating group) is 1. The van der Waals surface area contributed by atoms with Crippen molar-refractivity contribution >= 4 is 47.4 Å². The van der Waals surface area contributed by atoms with Gasteiger partial charge in [-0.1, -0.05) is 30.3 Å². The monoisotopic (exact) mass is 562 g/mol. The molecule has 3 amide bonds. The fraction of sp³-hybridized carbons (Fsp3) is 0.182. The van der Waals surface area contributed by atoms with Crippen molar-refractivity contribution in [2.75, 3.05) is 49.2 Å². The summed E-state index contributed by atoms with van der Waals surface area (Å²) in [7, 11) is 2.14. The second-order valence-electron chi connectivity index (χ2n) is 10.3. The Labute approximate surface area is 245 Å². The van der Waals surface area contributed by atoms with E-state index in [2.05, 4.69) is 37.8 Å². The van der Waals surface area contributed by atoms with Crippen molar-refractivity contribution in [3.63, 3.8) is 0 Å². The molecule has 1 aromatic heterocycles. The molecule has 9 heteroatoms. The van der Waals surface area contributed by atoms with Gasteiger partial charge in [0.25, 0.3) is 11.8 Å². The van der Waals surface area contributed by atoms with Gasteiger partial charge in [0.05, 0.1) is 0 Å². The van der Waals surface area contributed by atoms with Gasteiger partial charge in [0.15, 0.2) is 0 Å². The number of carbonyl (C=O) groups is 3. The van der Waals surface area contributed by atoms with Gasteiger partial charge in [0.1, 0.15) is 0 Å². The van der Waals surface area contributed by atoms with Crippen LogP contribution >= 0.6 is 0 Å². The minimum absolute atomic E-state index is 0.225. The summed E-state index contributed by atoms with van der Waals surface area (Å²) in [4.78, 5) is 45.0. The van der Waals surface area contributed by atoms with E-state index >= 15 is 0 Å². The zero-order valence-electron chi connectivity index (χ0n) is 23.5. The van der Waals surface area contributed by atoms with Crippen LogP contribution in [0.2, 0.25) is 0 Å². The molecule has 1 aliphatic rings. The largest absolute Gasteiger partial charge is 0.362 e. The summed E-state index contributed by atoms with van der Waals surface area (Å²) >= 11 is 0. The first-order valence-electron chi connectivity index (χ1n) is 13.9. The number of rotatable bonds is 10. The van der Waals surface area contributed by atoms with Gasteiger partial charge in [-0.25, -0.2) is 0 Å². The number of aromatic nitrogens is 1. The van der Waals surface area contributed by atoms with Crippen molar-refractivity contribution in [3.05, 3.63) is 113 Å². The van der Waals surface area contributed by atoms with E-state index in [0.717, 1.165) is 44.0 Å². The average molecular weight is 563 g/mol. The molecule has 9 nitrogen and oxygen atoms in total. The lowest BCUT2D eigenvalue weighted by Gasteiger charge is -2.32. The van der Waals surface area contributed by atoms with Gasteiger partial charge in [0.2, 0.25) is 6.41 Å². The molecule has 0 unspecified atom stereocenters. The van der Waals surface area contributed by atoms with Crippen LogP contribution in [0.3, 0.4) is 0 Å². The summed E-state index contributed by atoms with van der Waals surface area (Å²) in [6.07, 6.45) is 6.14. The molecule has 0 bridgehead atoms. The molecule has 1 fully saturated rings. The summed E-state index contributed by atoms with van der Waals surface area (Å²) < 4.78 is 0. The summed E-state index contributed by atoms with van der Waals surface area (Å²) in [6, 6.07) is 23.6.